The van der Waals surface area contributed by atoms with Crippen molar-refractivity contribution in [1.82, 2.24) is 24.6 Å². The first-order valence-electron chi connectivity index (χ1n) is 8.06. The van der Waals surface area contributed by atoms with Gasteiger partial charge in [0, 0.05) is 12.6 Å². The lowest BCUT2D eigenvalue weighted by atomic mass is 9.78. The van der Waals surface area contributed by atoms with Crippen molar-refractivity contribution in [2.24, 2.45) is 0 Å². The van der Waals surface area contributed by atoms with Gasteiger partial charge in [-0.25, -0.2) is 19.4 Å². The molecule has 1 amide bonds. The summed E-state index contributed by atoms with van der Waals surface area (Å²) in [4.78, 5) is 22.9. The second kappa shape index (κ2) is 4.91. The lowest BCUT2D eigenvalue weighted by Crippen LogP contribution is -2.44. The van der Waals surface area contributed by atoms with Gasteiger partial charge in [-0.15, -0.1) is 0 Å². The van der Waals surface area contributed by atoms with Crippen LogP contribution >= 0.6 is 15.9 Å². The Morgan fingerprint density at radius 1 is 1.38 bits per heavy atom. The van der Waals surface area contributed by atoms with E-state index in [4.69, 9.17) is 4.74 Å². The van der Waals surface area contributed by atoms with E-state index in [1.165, 1.54) is 0 Å². The van der Waals surface area contributed by atoms with Crippen LogP contribution in [0.4, 0.5) is 4.79 Å². The maximum atomic E-state index is 12.4. The Kier molecular flexibility index (Phi) is 3.23. The molecule has 0 atom stereocenters. The van der Waals surface area contributed by atoms with Crippen LogP contribution in [0.2, 0.25) is 0 Å². The van der Waals surface area contributed by atoms with Gasteiger partial charge >= 0.3 is 6.09 Å². The zero-order valence-electron chi connectivity index (χ0n) is 14.2. The Morgan fingerprint density at radius 2 is 2.08 bits per heavy atom. The number of halogens is 1. The van der Waals surface area contributed by atoms with Crippen LogP contribution < -0.4 is 0 Å². The van der Waals surface area contributed by atoms with Gasteiger partial charge in [-0.3, -0.25) is 0 Å². The minimum absolute atomic E-state index is 0.188. The molecule has 0 radical (unpaired) electrons. The average Bonchev–Trinajstić information content (AvgIpc) is 3.06. The van der Waals surface area contributed by atoms with Gasteiger partial charge in [0.15, 0.2) is 5.65 Å². The van der Waals surface area contributed by atoms with Gasteiger partial charge in [0.25, 0.3) is 0 Å². The summed E-state index contributed by atoms with van der Waals surface area (Å²) in [5, 5.41) is 5.60. The number of carbonyl (C=O) groups excluding carboxylic acids is 1. The van der Waals surface area contributed by atoms with Crippen molar-refractivity contribution in [2.45, 2.75) is 57.7 Å². The molecule has 3 fully saturated rings. The third kappa shape index (κ3) is 2.22. The number of amides is 1. The molecule has 2 aliphatic heterocycles. The summed E-state index contributed by atoms with van der Waals surface area (Å²) in [5.41, 5.74) is 1.04. The normalized spacial score (nSPS) is 25.9. The first kappa shape index (κ1) is 15.8. The van der Waals surface area contributed by atoms with Crippen molar-refractivity contribution in [3.05, 3.63) is 16.6 Å². The van der Waals surface area contributed by atoms with Crippen molar-refractivity contribution in [3.8, 4) is 0 Å². The van der Waals surface area contributed by atoms with Gasteiger partial charge < -0.3 is 9.64 Å². The second-order valence-electron chi connectivity index (χ2n) is 7.75. The molecule has 0 N–H and O–H groups in total. The fraction of sp³-hybridized carbons (Fsp3) is 0.625. The SMILES string of the molecule is Cc1ncnc2c1c(Br)nn2C12CC(C1)N(C(=O)OC(C)(C)C)C2. The number of rotatable bonds is 1. The Hall–Kier alpha value is -1.70. The highest BCUT2D eigenvalue weighted by Gasteiger charge is 2.60. The average molecular weight is 394 g/mol. The van der Waals surface area contributed by atoms with E-state index in [9.17, 15) is 4.79 Å². The number of hydrogen-bond donors (Lipinski definition) is 0. The molecule has 128 valence electrons. The third-order valence-corrected chi connectivity index (χ3v) is 5.38. The van der Waals surface area contributed by atoms with E-state index in [0.717, 1.165) is 34.2 Å². The first-order chi connectivity index (χ1) is 11.2. The fourth-order valence-corrected chi connectivity index (χ4v) is 4.39. The predicted octanol–water partition coefficient (Wildman–Crippen LogP) is 3.01. The Bertz CT molecular complexity index is 835. The highest BCUT2D eigenvalue weighted by Crippen LogP contribution is 2.51. The van der Waals surface area contributed by atoms with Crippen LogP contribution in [0.3, 0.4) is 0 Å². The number of aromatic nitrogens is 4. The fourth-order valence-electron chi connectivity index (χ4n) is 3.77. The Labute approximate surface area is 148 Å². The maximum Gasteiger partial charge on any atom is 0.410 e. The molecule has 0 unspecified atom stereocenters. The zero-order chi connectivity index (χ0) is 17.3. The molecule has 0 spiro atoms. The largest absolute Gasteiger partial charge is 0.444 e. The smallest absolute Gasteiger partial charge is 0.410 e. The third-order valence-electron chi connectivity index (χ3n) is 4.83. The molecule has 2 bridgehead atoms. The van der Waals surface area contributed by atoms with Crippen LogP contribution in [0.25, 0.3) is 11.0 Å². The molecule has 2 saturated heterocycles. The lowest BCUT2D eigenvalue weighted by molar-refractivity contribution is 0.0244. The summed E-state index contributed by atoms with van der Waals surface area (Å²) in [6, 6.07) is 0.223. The van der Waals surface area contributed by atoms with Gasteiger partial charge in [0.2, 0.25) is 0 Å². The zero-order valence-corrected chi connectivity index (χ0v) is 15.8. The van der Waals surface area contributed by atoms with E-state index >= 15 is 0 Å². The molecular formula is C16H20BrN5O2. The topological polar surface area (TPSA) is 73.1 Å². The minimum Gasteiger partial charge on any atom is -0.444 e. The standard InChI is InChI=1S/C16H20BrN5O2/c1-9-11-12(17)20-22(13(11)19-8-18-9)16-5-10(6-16)21(7-16)14(23)24-15(2,3)4/h8,10H,5-7H2,1-4H3. The van der Waals surface area contributed by atoms with Crippen LogP contribution in [-0.4, -0.2) is 48.9 Å². The van der Waals surface area contributed by atoms with Gasteiger partial charge in [0.05, 0.1) is 16.6 Å². The van der Waals surface area contributed by atoms with Crippen LogP contribution in [0.15, 0.2) is 10.9 Å². The predicted molar refractivity (Wildman–Crippen MR) is 91.7 cm³/mol. The highest BCUT2D eigenvalue weighted by molar-refractivity contribution is 9.10. The summed E-state index contributed by atoms with van der Waals surface area (Å²) < 4.78 is 8.26. The molecule has 24 heavy (non-hydrogen) atoms. The van der Waals surface area contributed by atoms with Gasteiger partial charge in [-0.1, -0.05) is 0 Å². The summed E-state index contributed by atoms with van der Waals surface area (Å²) in [7, 11) is 0. The van der Waals surface area contributed by atoms with Crippen molar-refractivity contribution < 1.29 is 9.53 Å². The molecule has 2 aromatic rings. The molecule has 8 heteroatoms. The molecule has 2 aromatic heterocycles. The van der Waals surface area contributed by atoms with E-state index in [1.807, 2.05) is 37.3 Å². The molecule has 3 aliphatic rings. The molecule has 4 heterocycles. The second-order valence-corrected chi connectivity index (χ2v) is 8.51. The number of aryl methyl sites for hydroxylation is 1. The van der Waals surface area contributed by atoms with Crippen molar-refractivity contribution >= 4 is 33.1 Å². The highest BCUT2D eigenvalue weighted by atomic mass is 79.9. The number of hydrogen-bond acceptors (Lipinski definition) is 5. The van der Waals surface area contributed by atoms with E-state index < -0.39 is 5.60 Å². The molecule has 1 saturated carbocycles. The van der Waals surface area contributed by atoms with E-state index in [1.54, 1.807) is 6.33 Å². The van der Waals surface area contributed by atoms with Crippen molar-refractivity contribution in [3.63, 3.8) is 0 Å². The minimum atomic E-state index is -0.483. The van der Waals surface area contributed by atoms with Crippen molar-refractivity contribution in [1.29, 1.82) is 0 Å². The summed E-state index contributed by atoms with van der Waals surface area (Å²) >= 11 is 3.52. The Balaban J connectivity index is 1.66. The molecule has 1 aliphatic carbocycles. The molecule has 0 aromatic carbocycles. The van der Waals surface area contributed by atoms with Crippen LogP contribution in [-0.2, 0) is 10.3 Å². The number of nitrogens with zero attached hydrogens (tertiary/aromatic N) is 5. The molecular weight excluding hydrogens is 374 g/mol. The monoisotopic (exact) mass is 393 g/mol. The first-order valence-corrected chi connectivity index (χ1v) is 8.85. The van der Waals surface area contributed by atoms with E-state index in [-0.39, 0.29) is 17.7 Å². The molecule has 7 nitrogen and oxygen atoms in total. The van der Waals surface area contributed by atoms with Gasteiger partial charge in [-0.2, -0.15) is 5.10 Å². The van der Waals surface area contributed by atoms with Gasteiger partial charge in [-0.05, 0) is 56.5 Å². The summed E-state index contributed by atoms with van der Waals surface area (Å²) in [5.74, 6) is 0. The van der Waals surface area contributed by atoms with Crippen LogP contribution in [0.1, 0.15) is 39.3 Å². The molecule has 5 rings (SSSR count). The summed E-state index contributed by atoms with van der Waals surface area (Å²) in [6.07, 6.45) is 3.10. The maximum absolute atomic E-state index is 12.4. The van der Waals surface area contributed by atoms with Crippen LogP contribution in [0, 0.1) is 6.92 Å². The quantitative estimate of drug-likeness (QED) is 0.744. The number of carbonyl (C=O) groups is 1. The Morgan fingerprint density at radius 3 is 2.75 bits per heavy atom. The summed E-state index contributed by atoms with van der Waals surface area (Å²) in [6.45, 7) is 8.22. The van der Waals surface area contributed by atoms with E-state index in [0.29, 0.717) is 6.54 Å². The van der Waals surface area contributed by atoms with Crippen molar-refractivity contribution in [2.75, 3.05) is 6.54 Å². The van der Waals surface area contributed by atoms with Crippen LogP contribution in [0.5, 0.6) is 0 Å². The number of fused-ring (bicyclic) bond motifs is 2. The lowest BCUT2D eigenvalue weighted by Gasteiger charge is -2.37. The number of ether oxygens (including phenoxy) is 1. The van der Waals surface area contributed by atoms with Gasteiger partial charge in [0.1, 0.15) is 16.5 Å². The van der Waals surface area contributed by atoms with E-state index in [2.05, 4.69) is 31.0 Å².